The summed E-state index contributed by atoms with van der Waals surface area (Å²) in [4.78, 5) is 25.3. The molecule has 1 amide bonds. The molecule has 0 unspecified atom stereocenters. The SMILES string of the molecule is COC(=O)c1ccc([C@H]2CC(=O)Nc3c(-c4ccc(OC)c(OC)c4)csc32)cc1. The first kappa shape index (κ1) is 20.0. The summed E-state index contributed by atoms with van der Waals surface area (Å²) in [7, 11) is 4.55. The highest BCUT2D eigenvalue weighted by atomic mass is 32.1. The van der Waals surface area contributed by atoms with E-state index in [0.29, 0.717) is 23.5 Å². The first-order valence-electron chi connectivity index (χ1n) is 9.37. The van der Waals surface area contributed by atoms with Crippen molar-refractivity contribution >= 4 is 28.9 Å². The number of esters is 1. The molecule has 154 valence electrons. The van der Waals surface area contributed by atoms with E-state index in [9.17, 15) is 9.59 Å². The number of ether oxygens (including phenoxy) is 3. The van der Waals surface area contributed by atoms with Crippen LogP contribution in [-0.2, 0) is 9.53 Å². The molecule has 4 rings (SSSR count). The predicted octanol–water partition coefficient (Wildman–Crippen LogP) is 4.69. The van der Waals surface area contributed by atoms with Gasteiger partial charge in [0.2, 0.25) is 5.91 Å². The Kier molecular flexibility index (Phi) is 5.46. The molecule has 1 aromatic heterocycles. The number of carbonyl (C=O) groups is 2. The Balaban J connectivity index is 1.73. The summed E-state index contributed by atoms with van der Waals surface area (Å²) in [5, 5.41) is 5.09. The predicted molar refractivity (Wildman–Crippen MR) is 116 cm³/mol. The quantitative estimate of drug-likeness (QED) is 0.603. The minimum atomic E-state index is -0.379. The van der Waals surface area contributed by atoms with Crippen LogP contribution in [0.2, 0.25) is 0 Å². The zero-order valence-electron chi connectivity index (χ0n) is 16.9. The highest BCUT2D eigenvalue weighted by Crippen LogP contribution is 2.47. The van der Waals surface area contributed by atoms with Crippen LogP contribution >= 0.6 is 11.3 Å². The zero-order valence-corrected chi connectivity index (χ0v) is 17.7. The smallest absolute Gasteiger partial charge is 0.337 e. The highest BCUT2D eigenvalue weighted by molar-refractivity contribution is 7.11. The van der Waals surface area contributed by atoms with Crippen LogP contribution in [0.15, 0.2) is 47.8 Å². The Labute approximate surface area is 178 Å². The lowest BCUT2D eigenvalue weighted by Gasteiger charge is -2.24. The summed E-state index contributed by atoms with van der Waals surface area (Å²) in [6, 6.07) is 12.9. The maximum absolute atomic E-state index is 12.5. The fourth-order valence-electron chi connectivity index (χ4n) is 3.68. The van der Waals surface area contributed by atoms with E-state index in [1.807, 2.05) is 35.7 Å². The van der Waals surface area contributed by atoms with Crippen molar-refractivity contribution < 1.29 is 23.8 Å². The topological polar surface area (TPSA) is 73.9 Å². The van der Waals surface area contributed by atoms with Crippen molar-refractivity contribution in [3.63, 3.8) is 0 Å². The van der Waals surface area contributed by atoms with Crippen LogP contribution in [0.4, 0.5) is 5.69 Å². The molecule has 3 aromatic rings. The van der Waals surface area contributed by atoms with E-state index >= 15 is 0 Å². The second kappa shape index (κ2) is 8.20. The largest absolute Gasteiger partial charge is 0.493 e. The van der Waals surface area contributed by atoms with E-state index < -0.39 is 0 Å². The monoisotopic (exact) mass is 423 g/mol. The maximum Gasteiger partial charge on any atom is 0.337 e. The Morgan fingerprint density at radius 3 is 2.43 bits per heavy atom. The summed E-state index contributed by atoms with van der Waals surface area (Å²) in [5.74, 6) is 0.796. The van der Waals surface area contributed by atoms with Crippen LogP contribution in [0.25, 0.3) is 11.1 Å². The van der Waals surface area contributed by atoms with Gasteiger partial charge in [-0.3, -0.25) is 4.79 Å². The number of fused-ring (bicyclic) bond motifs is 1. The lowest BCUT2D eigenvalue weighted by molar-refractivity contribution is -0.116. The number of hydrogen-bond acceptors (Lipinski definition) is 6. The van der Waals surface area contributed by atoms with Gasteiger partial charge in [0.15, 0.2) is 11.5 Å². The van der Waals surface area contributed by atoms with Gasteiger partial charge in [-0.2, -0.15) is 0 Å². The van der Waals surface area contributed by atoms with Crippen LogP contribution in [0.1, 0.15) is 33.1 Å². The van der Waals surface area contributed by atoms with E-state index in [0.717, 1.165) is 27.3 Å². The van der Waals surface area contributed by atoms with Crippen molar-refractivity contribution in [3.8, 4) is 22.6 Å². The summed E-state index contributed by atoms with van der Waals surface area (Å²) in [6.07, 6.45) is 0.358. The normalized spacial score (nSPS) is 15.2. The van der Waals surface area contributed by atoms with Gasteiger partial charge in [0.05, 0.1) is 32.6 Å². The van der Waals surface area contributed by atoms with Crippen LogP contribution in [0, 0.1) is 0 Å². The molecule has 2 aromatic carbocycles. The lowest BCUT2D eigenvalue weighted by Crippen LogP contribution is -2.22. The van der Waals surface area contributed by atoms with E-state index in [1.54, 1.807) is 37.7 Å². The third kappa shape index (κ3) is 3.52. The molecule has 30 heavy (non-hydrogen) atoms. The molecule has 1 atom stereocenters. The standard InChI is InChI=1S/C23H21NO5S/c1-27-18-9-8-15(10-19(18)28-2)17-12-30-22-16(11-20(25)24-21(17)22)13-4-6-14(7-5-13)23(26)29-3/h4-10,12,16H,11H2,1-3H3,(H,24,25)/t16-/m1/s1. The molecule has 0 saturated carbocycles. The van der Waals surface area contributed by atoms with Crippen molar-refractivity contribution in [2.45, 2.75) is 12.3 Å². The van der Waals surface area contributed by atoms with Crippen molar-refractivity contribution in [2.75, 3.05) is 26.6 Å². The third-order valence-electron chi connectivity index (χ3n) is 5.22. The summed E-state index contributed by atoms with van der Waals surface area (Å²) in [6.45, 7) is 0. The average molecular weight is 423 g/mol. The molecule has 1 aliphatic rings. The molecular weight excluding hydrogens is 402 g/mol. The number of amides is 1. The molecule has 1 aliphatic heterocycles. The summed E-state index contributed by atoms with van der Waals surface area (Å²) >= 11 is 1.61. The molecule has 6 nitrogen and oxygen atoms in total. The van der Waals surface area contributed by atoms with Crippen LogP contribution < -0.4 is 14.8 Å². The van der Waals surface area contributed by atoms with Gasteiger partial charge >= 0.3 is 5.97 Å². The fourth-order valence-corrected chi connectivity index (χ4v) is 4.84. The Bertz CT molecular complexity index is 1100. The number of benzene rings is 2. The summed E-state index contributed by atoms with van der Waals surface area (Å²) < 4.78 is 15.5. The van der Waals surface area contributed by atoms with Crippen molar-refractivity contribution in [1.82, 2.24) is 0 Å². The molecular formula is C23H21NO5S. The minimum absolute atomic E-state index is 0.0373. The highest BCUT2D eigenvalue weighted by Gasteiger charge is 2.30. The Morgan fingerprint density at radius 1 is 1.03 bits per heavy atom. The number of anilines is 1. The second-order valence-corrected chi connectivity index (χ2v) is 7.79. The summed E-state index contributed by atoms with van der Waals surface area (Å²) in [5.41, 5.74) is 4.18. The van der Waals surface area contributed by atoms with E-state index in [-0.39, 0.29) is 17.8 Å². The Hall–Kier alpha value is -3.32. The maximum atomic E-state index is 12.5. The zero-order chi connectivity index (χ0) is 21.3. The van der Waals surface area contributed by atoms with Gasteiger partial charge in [-0.25, -0.2) is 4.79 Å². The van der Waals surface area contributed by atoms with Gasteiger partial charge in [0, 0.05) is 28.2 Å². The van der Waals surface area contributed by atoms with Gasteiger partial charge in [-0.05, 0) is 35.4 Å². The molecule has 7 heteroatoms. The van der Waals surface area contributed by atoms with E-state index in [2.05, 4.69) is 5.32 Å². The minimum Gasteiger partial charge on any atom is -0.493 e. The van der Waals surface area contributed by atoms with E-state index in [1.165, 1.54) is 7.11 Å². The number of thiophene rings is 1. The van der Waals surface area contributed by atoms with Gasteiger partial charge in [0.25, 0.3) is 0 Å². The second-order valence-electron chi connectivity index (χ2n) is 6.88. The van der Waals surface area contributed by atoms with Gasteiger partial charge in [0.1, 0.15) is 0 Å². The van der Waals surface area contributed by atoms with Crippen molar-refractivity contribution in [1.29, 1.82) is 0 Å². The van der Waals surface area contributed by atoms with E-state index in [4.69, 9.17) is 14.2 Å². The molecule has 0 saturated heterocycles. The molecule has 0 bridgehead atoms. The van der Waals surface area contributed by atoms with Crippen molar-refractivity contribution in [2.24, 2.45) is 0 Å². The van der Waals surface area contributed by atoms with Gasteiger partial charge < -0.3 is 19.5 Å². The van der Waals surface area contributed by atoms with Crippen LogP contribution in [0.3, 0.4) is 0 Å². The molecule has 2 heterocycles. The first-order chi connectivity index (χ1) is 14.5. The van der Waals surface area contributed by atoms with Crippen LogP contribution in [-0.4, -0.2) is 33.2 Å². The van der Waals surface area contributed by atoms with Crippen LogP contribution in [0.5, 0.6) is 11.5 Å². The first-order valence-corrected chi connectivity index (χ1v) is 10.3. The lowest BCUT2D eigenvalue weighted by atomic mass is 9.88. The molecule has 0 spiro atoms. The molecule has 1 N–H and O–H groups in total. The number of nitrogens with one attached hydrogen (secondary N) is 1. The number of carbonyl (C=O) groups excluding carboxylic acids is 2. The number of rotatable bonds is 5. The number of hydrogen-bond donors (Lipinski definition) is 1. The van der Waals surface area contributed by atoms with Gasteiger partial charge in [-0.1, -0.05) is 18.2 Å². The average Bonchev–Trinajstić information content (AvgIpc) is 3.21. The van der Waals surface area contributed by atoms with Crippen molar-refractivity contribution in [3.05, 3.63) is 63.8 Å². The van der Waals surface area contributed by atoms with Gasteiger partial charge in [-0.15, -0.1) is 11.3 Å². The molecule has 0 fully saturated rings. The number of methoxy groups -OCH3 is 3. The third-order valence-corrected chi connectivity index (χ3v) is 6.31. The fraction of sp³-hybridized carbons (Fsp3) is 0.217. The molecule has 0 radical (unpaired) electrons. The Morgan fingerprint density at radius 2 is 1.77 bits per heavy atom. The molecule has 0 aliphatic carbocycles.